The first-order chi connectivity index (χ1) is 15.0. The van der Waals surface area contributed by atoms with Gasteiger partial charge in [0.2, 0.25) is 11.1 Å². The third-order valence-corrected chi connectivity index (χ3v) is 6.00. The van der Waals surface area contributed by atoms with Crippen LogP contribution in [0.4, 0.5) is 10.1 Å². The summed E-state index contributed by atoms with van der Waals surface area (Å²) in [5.74, 6) is 5.95. The van der Waals surface area contributed by atoms with Crippen LogP contribution in [-0.2, 0) is 4.79 Å². The average molecular weight is 454 g/mol. The van der Waals surface area contributed by atoms with Crippen LogP contribution in [0.2, 0.25) is 5.02 Å². The Labute approximate surface area is 187 Å². The zero-order valence-corrected chi connectivity index (χ0v) is 17.6. The first-order valence-corrected chi connectivity index (χ1v) is 10.5. The minimum absolute atomic E-state index is 0.301. The quantitative estimate of drug-likeness (QED) is 0.319. The Morgan fingerprint density at radius 2 is 1.68 bits per heavy atom. The van der Waals surface area contributed by atoms with Crippen molar-refractivity contribution in [3.8, 4) is 11.4 Å². The van der Waals surface area contributed by atoms with Crippen LogP contribution >= 0.6 is 23.4 Å². The lowest BCUT2D eigenvalue weighted by molar-refractivity contribution is -0.115. The van der Waals surface area contributed by atoms with E-state index < -0.39 is 5.25 Å². The summed E-state index contributed by atoms with van der Waals surface area (Å²) in [6.45, 7) is 0. The number of aromatic nitrogens is 3. The van der Waals surface area contributed by atoms with E-state index in [9.17, 15) is 9.18 Å². The number of amides is 1. The highest BCUT2D eigenvalue weighted by Crippen LogP contribution is 2.36. The lowest BCUT2D eigenvalue weighted by atomic mass is 10.1. The molecule has 31 heavy (non-hydrogen) atoms. The predicted molar refractivity (Wildman–Crippen MR) is 121 cm³/mol. The smallest absolute Gasteiger partial charge is 0.242 e. The van der Waals surface area contributed by atoms with Gasteiger partial charge in [-0.15, -0.1) is 10.2 Å². The van der Waals surface area contributed by atoms with E-state index in [0.29, 0.717) is 27.3 Å². The summed E-state index contributed by atoms with van der Waals surface area (Å²) < 4.78 is 14.5. The fourth-order valence-electron chi connectivity index (χ4n) is 2.93. The van der Waals surface area contributed by atoms with Gasteiger partial charge in [-0.25, -0.2) is 9.07 Å². The van der Waals surface area contributed by atoms with Crippen molar-refractivity contribution in [1.82, 2.24) is 14.9 Å². The third-order valence-electron chi connectivity index (χ3n) is 4.45. The van der Waals surface area contributed by atoms with Crippen molar-refractivity contribution < 1.29 is 9.18 Å². The summed E-state index contributed by atoms with van der Waals surface area (Å²) in [6, 6.07) is 22.0. The first kappa shape index (κ1) is 20.9. The van der Waals surface area contributed by atoms with Gasteiger partial charge >= 0.3 is 0 Å². The number of rotatable bonds is 6. The minimum atomic E-state index is -0.670. The monoisotopic (exact) mass is 453 g/mol. The molecule has 4 rings (SSSR count). The number of carbonyl (C=O) groups is 1. The van der Waals surface area contributed by atoms with Crippen LogP contribution in [0.25, 0.3) is 11.4 Å². The van der Waals surface area contributed by atoms with E-state index >= 15 is 0 Å². The fraction of sp³-hybridized carbons (Fsp3) is 0.0455. The number of anilines is 1. The Bertz CT molecular complexity index is 1200. The van der Waals surface area contributed by atoms with Crippen LogP contribution in [0.5, 0.6) is 0 Å². The number of carbonyl (C=O) groups excluding carboxylic acids is 1. The third kappa shape index (κ3) is 4.70. The Hall–Kier alpha value is -3.36. The molecule has 1 atom stereocenters. The zero-order valence-electron chi connectivity index (χ0n) is 16.1. The summed E-state index contributed by atoms with van der Waals surface area (Å²) in [4.78, 5) is 13.1. The average Bonchev–Trinajstić information content (AvgIpc) is 3.14. The van der Waals surface area contributed by atoms with Gasteiger partial charge in [0, 0.05) is 11.3 Å². The topological polar surface area (TPSA) is 85.8 Å². The summed E-state index contributed by atoms with van der Waals surface area (Å²) in [5, 5.41) is 11.3. The lowest BCUT2D eigenvalue weighted by Gasteiger charge is -2.16. The predicted octanol–water partition coefficient (Wildman–Crippen LogP) is 4.92. The lowest BCUT2D eigenvalue weighted by Crippen LogP contribution is -2.20. The van der Waals surface area contributed by atoms with Crippen molar-refractivity contribution in [1.29, 1.82) is 0 Å². The van der Waals surface area contributed by atoms with Crippen molar-refractivity contribution in [2.24, 2.45) is 0 Å². The van der Waals surface area contributed by atoms with Gasteiger partial charge < -0.3 is 11.2 Å². The van der Waals surface area contributed by atoms with Crippen LogP contribution in [0, 0.1) is 5.82 Å². The normalized spacial score (nSPS) is 11.8. The maximum atomic E-state index is 13.2. The SMILES string of the molecule is Nn1c(SC(C(=O)Nc2ccc(F)cc2)c2ccccc2)nnc1-c1ccccc1Cl. The highest BCUT2D eigenvalue weighted by Gasteiger charge is 2.26. The van der Waals surface area contributed by atoms with E-state index in [2.05, 4.69) is 15.5 Å². The Kier molecular flexibility index (Phi) is 6.20. The van der Waals surface area contributed by atoms with Crippen LogP contribution in [0.15, 0.2) is 84.0 Å². The molecule has 0 saturated carbocycles. The summed E-state index contributed by atoms with van der Waals surface area (Å²) in [7, 11) is 0. The maximum Gasteiger partial charge on any atom is 0.242 e. The molecule has 1 heterocycles. The van der Waals surface area contributed by atoms with Crippen molar-refractivity contribution in [2.45, 2.75) is 10.4 Å². The molecule has 4 aromatic rings. The molecular weight excluding hydrogens is 437 g/mol. The van der Waals surface area contributed by atoms with Crippen molar-refractivity contribution in [2.75, 3.05) is 11.2 Å². The number of hydrogen-bond donors (Lipinski definition) is 2. The minimum Gasteiger partial charge on any atom is -0.335 e. The molecule has 6 nitrogen and oxygen atoms in total. The molecule has 3 N–H and O–H groups in total. The van der Waals surface area contributed by atoms with Gasteiger partial charge in [-0.3, -0.25) is 4.79 Å². The highest BCUT2D eigenvalue weighted by atomic mass is 35.5. The van der Waals surface area contributed by atoms with E-state index in [4.69, 9.17) is 17.4 Å². The second-order valence-electron chi connectivity index (χ2n) is 6.56. The van der Waals surface area contributed by atoms with Gasteiger partial charge in [0.05, 0.1) is 5.02 Å². The summed E-state index contributed by atoms with van der Waals surface area (Å²) >= 11 is 7.41. The second kappa shape index (κ2) is 9.20. The largest absolute Gasteiger partial charge is 0.335 e. The number of nitrogens with two attached hydrogens (primary N) is 1. The molecule has 0 aliphatic carbocycles. The molecule has 0 fully saturated rings. The number of thioether (sulfide) groups is 1. The molecule has 3 aromatic carbocycles. The van der Waals surface area contributed by atoms with Crippen molar-refractivity contribution in [3.63, 3.8) is 0 Å². The van der Waals surface area contributed by atoms with E-state index in [1.54, 1.807) is 12.1 Å². The highest BCUT2D eigenvalue weighted by molar-refractivity contribution is 8.00. The van der Waals surface area contributed by atoms with Gasteiger partial charge in [0.15, 0.2) is 5.82 Å². The molecule has 0 radical (unpaired) electrons. The van der Waals surface area contributed by atoms with Gasteiger partial charge in [0.25, 0.3) is 0 Å². The fourth-order valence-corrected chi connectivity index (χ4v) is 4.11. The molecule has 1 unspecified atom stereocenters. The molecule has 0 saturated heterocycles. The molecule has 156 valence electrons. The number of nitrogen functional groups attached to an aromatic ring is 1. The Morgan fingerprint density at radius 1 is 1.00 bits per heavy atom. The number of halogens is 2. The van der Waals surface area contributed by atoms with E-state index in [-0.39, 0.29) is 11.7 Å². The molecule has 1 amide bonds. The van der Waals surface area contributed by atoms with Crippen LogP contribution < -0.4 is 11.2 Å². The molecule has 0 aliphatic heterocycles. The number of hydrogen-bond acceptors (Lipinski definition) is 5. The van der Waals surface area contributed by atoms with E-state index in [1.165, 1.54) is 28.9 Å². The maximum absolute atomic E-state index is 13.2. The number of nitrogens with one attached hydrogen (secondary N) is 1. The Balaban J connectivity index is 1.64. The van der Waals surface area contributed by atoms with Gasteiger partial charge in [-0.2, -0.15) is 0 Å². The standard InChI is InChI=1S/C22H17ClFN5OS/c23-18-9-5-4-8-17(18)20-27-28-22(29(20)25)31-19(14-6-2-1-3-7-14)21(30)26-16-12-10-15(24)11-13-16/h1-13,19H,25H2,(H,26,30). The molecule has 9 heteroatoms. The van der Waals surface area contributed by atoms with Crippen molar-refractivity contribution in [3.05, 3.63) is 95.3 Å². The molecule has 0 aliphatic rings. The molecule has 0 bridgehead atoms. The number of nitrogens with zero attached hydrogens (tertiary/aromatic N) is 3. The van der Waals surface area contributed by atoms with Gasteiger partial charge in [-0.1, -0.05) is 65.8 Å². The zero-order chi connectivity index (χ0) is 21.8. The van der Waals surface area contributed by atoms with Gasteiger partial charge in [0.1, 0.15) is 11.1 Å². The number of benzene rings is 3. The van der Waals surface area contributed by atoms with E-state index in [0.717, 1.165) is 17.3 Å². The summed E-state index contributed by atoms with van der Waals surface area (Å²) in [5.41, 5.74) is 1.88. The van der Waals surface area contributed by atoms with Crippen LogP contribution in [0.1, 0.15) is 10.8 Å². The second-order valence-corrected chi connectivity index (χ2v) is 8.04. The van der Waals surface area contributed by atoms with Crippen molar-refractivity contribution >= 4 is 35.0 Å². The van der Waals surface area contributed by atoms with Crippen LogP contribution in [0.3, 0.4) is 0 Å². The van der Waals surface area contributed by atoms with Crippen LogP contribution in [-0.4, -0.2) is 20.8 Å². The molecular formula is C22H17ClFN5OS. The van der Waals surface area contributed by atoms with E-state index in [1.807, 2.05) is 42.5 Å². The van der Waals surface area contributed by atoms with Gasteiger partial charge in [-0.05, 0) is 42.0 Å². The Morgan fingerprint density at radius 3 is 2.39 bits per heavy atom. The first-order valence-electron chi connectivity index (χ1n) is 9.26. The molecule has 0 spiro atoms. The molecule has 1 aromatic heterocycles. The summed E-state index contributed by atoms with van der Waals surface area (Å²) in [6.07, 6.45) is 0.